The number of guanidine groups is 2. The number of aliphatic imine (C=N–C) groups is 2. The van der Waals surface area contributed by atoms with Crippen molar-refractivity contribution in [3.8, 4) is 5.75 Å². The molecule has 2 fully saturated rings. The summed E-state index contributed by atoms with van der Waals surface area (Å²) in [5, 5.41) is 2.96. The van der Waals surface area contributed by atoms with E-state index in [9.17, 15) is 9.18 Å². The Morgan fingerprint density at radius 3 is 2.55 bits per heavy atom. The van der Waals surface area contributed by atoms with Crippen LogP contribution in [0, 0.1) is 5.82 Å². The van der Waals surface area contributed by atoms with Crippen LogP contribution in [0.3, 0.4) is 0 Å². The zero-order chi connectivity index (χ0) is 22.0. The molecule has 31 heavy (non-hydrogen) atoms. The van der Waals surface area contributed by atoms with Crippen molar-refractivity contribution in [3.05, 3.63) is 29.6 Å². The average Bonchev–Trinajstić information content (AvgIpc) is 3.29. The van der Waals surface area contributed by atoms with Gasteiger partial charge in [0, 0.05) is 44.8 Å². The van der Waals surface area contributed by atoms with Gasteiger partial charge in [-0.3, -0.25) is 20.7 Å². The predicted octanol–water partition coefficient (Wildman–Crippen LogP) is -0.583. The van der Waals surface area contributed by atoms with Crippen LogP contribution in [-0.4, -0.2) is 85.4 Å². The maximum Gasteiger partial charge on any atom is 0.236 e. The summed E-state index contributed by atoms with van der Waals surface area (Å²) in [7, 11) is 1.39. The molecule has 3 heterocycles. The van der Waals surface area contributed by atoms with Gasteiger partial charge < -0.3 is 20.3 Å². The number of amides is 1. The second-order valence-electron chi connectivity index (χ2n) is 7.98. The SMILES string of the molecule is COc1ccc(C2(N)N=C(N)NC(N3CCN(CC(=O)N4CCCC4)CC3)=N2)cc1F. The first kappa shape index (κ1) is 21.3. The molecule has 0 spiro atoms. The van der Waals surface area contributed by atoms with E-state index >= 15 is 0 Å². The summed E-state index contributed by atoms with van der Waals surface area (Å²) in [6, 6.07) is 4.36. The molecule has 0 radical (unpaired) electrons. The first-order valence-electron chi connectivity index (χ1n) is 10.5. The molecule has 168 valence electrons. The number of halogens is 1. The number of methoxy groups -OCH3 is 1. The van der Waals surface area contributed by atoms with Crippen LogP contribution in [0.4, 0.5) is 4.39 Å². The third-order valence-electron chi connectivity index (χ3n) is 5.87. The number of nitrogens with zero attached hydrogens (tertiary/aromatic N) is 5. The third-order valence-corrected chi connectivity index (χ3v) is 5.87. The molecule has 1 atom stereocenters. The van der Waals surface area contributed by atoms with Gasteiger partial charge in [-0.1, -0.05) is 0 Å². The van der Waals surface area contributed by atoms with E-state index in [1.807, 2.05) is 9.80 Å². The minimum atomic E-state index is -1.54. The highest BCUT2D eigenvalue weighted by Crippen LogP contribution is 2.28. The first-order valence-corrected chi connectivity index (χ1v) is 10.5. The lowest BCUT2D eigenvalue weighted by molar-refractivity contribution is -0.131. The van der Waals surface area contributed by atoms with Gasteiger partial charge in [0.2, 0.25) is 17.7 Å². The standard InChI is InChI=1S/C20H29FN8O2/c1-31-16-5-4-14(12-15(16)21)20(23)25-18(22)24-19(26-20)29-10-8-27(9-11-29)13-17(30)28-6-2-3-7-28/h4-5,12H,2-3,6-11,13,23H2,1H3,(H3,22,24,25,26). The molecule has 0 aromatic heterocycles. The van der Waals surface area contributed by atoms with Gasteiger partial charge in [-0.2, -0.15) is 0 Å². The molecule has 11 heteroatoms. The number of rotatable bonds is 4. The summed E-state index contributed by atoms with van der Waals surface area (Å²) >= 11 is 0. The molecule has 3 aliphatic rings. The molecule has 1 aromatic rings. The summed E-state index contributed by atoms with van der Waals surface area (Å²) < 4.78 is 19.2. The van der Waals surface area contributed by atoms with Crippen molar-refractivity contribution >= 4 is 17.8 Å². The van der Waals surface area contributed by atoms with E-state index in [0.29, 0.717) is 44.2 Å². The second-order valence-corrected chi connectivity index (χ2v) is 7.98. The minimum Gasteiger partial charge on any atom is -0.494 e. The van der Waals surface area contributed by atoms with E-state index in [1.54, 1.807) is 6.07 Å². The van der Waals surface area contributed by atoms with Crippen LogP contribution >= 0.6 is 0 Å². The zero-order valence-electron chi connectivity index (χ0n) is 17.7. The van der Waals surface area contributed by atoms with Crippen molar-refractivity contribution in [2.45, 2.75) is 18.6 Å². The lowest BCUT2D eigenvalue weighted by Gasteiger charge is -2.38. The van der Waals surface area contributed by atoms with Gasteiger partial charge in [0.25, 0.3) is 0 Å². The van der Waals surface area contributed by atoms with Gasteiger partial charge in [0.15, 0.2) is 17.5 Å². The maximum atomic E-state index is 14.2. The molecule has 5 N–H and O–H groups in total. The number of piperazine rings is 1. The number of carbonyl (C=O) groups is 1. The van der Waals surface area contributed by atoms with Crippen molar-refractivity contribution in [2.24, 2.45) is 21.5 Å². The Morgan fingerprint density at radius 2 is 1.90 bits per heavy atom. The molecule has 1 amide bonds. The van der Waals surface area contributed by atoms with Crippen LogP contribution in [0.15, 0.2) is 28.2 Å². The summed E-state index contributed by atoms with van der Waals surface area (Å²) in [5.74, 6) is -1.20. The number of hydrogen-bond donors (Lipinski definition) is 3. The Morgan fingerprint density at radius 1 is 1.19 bits per heavy atom. The van der Waals surface area contributed by atoms with Gasteiger partial charge in [0.1, 0.15) is 0 Å². The van der Waals surface area contributed by atoms with Crippen molar-refractivity contribution in [3.63, 3.8) is 0 Å². The highest BCUT2D eigenvalue weighted by Gasteiger charge is 2.34. The molecular formula is C20H29FN8O2. The Hall–Kier alpha value is -2.92. The van der Waals surface area contributed by atoms with Crippen molar-refractivity contribution < 1.29 is 13.9 Å². The van der Waals surface area contributed by atoms with E-state index in [4.69, 9.17) is 16.2 Å². The summed E-state index contributed by atoms with van der Waals surface area (Å²) in [6.07, 6.45) is 2.18. The number of nitrogens with two attached hydrogens (primary N) is 2. The molecular weight excluding hydrogens is 403 g/mol. The third kappa shape index (κ3) is 4.57. The molecule has 0 bridgehead atoms. The fraction of sp³-hybridized carbons (Fsp3) is 0.550. The lowest BCUT2D eigenvalue weighted by atomic mass is 10.1. The van der Waals surface area contributed by atoms with Gasteiger partial charge in [-0.05, 0) is 31.0 Å². The Balaban J connectivity index is 1.43. The van der Waals surface area contributed by atoms with Gasteiger partial charge in [-0.25, -0.2) is 14.4 Å². The highest BCUT2D eigenvalue weighted by atomic mass is 19.1. The van der Waals surface area contributed by atoms with Crippen LogP contribution in [-0.2, 0) is 10.6 Å². The average molecular weight is 433 g/mol. The largest absolute Gasteiger partial charge is 0.494 e. The lowest BCUT2D eigenvalue weighted by Crippen LogP contribution is -2.59. The fourth-order valence-electron chi connectivity index (χ4n) is 4.09. The second kappa shape index (κ2) is 8.67. The monoisotopic (exact) mass is 432 g/mol. The van der Waals surface area contributed by atoms with Crippen molar-refractivity contribution in [1.29, 1.82) is 0 Å². The Bertz CT molecular complexity index is 893. The summed E-state index contributed by atoms with van der Waals surface area (Å²) in [5.41, 5.74) is 12.7. The smallest absolute Gasteiger partial charge is 0.236 e. The molecule has 3 aliphatic heterocycles. The quantitative estimate of drug-likeness (QED) is 0.581. The fourth-order valence-corrected chi connectivity index (χ4v) is 4.09. The number of likely N-dealkylation sites (tertiary alicyclic amines) is 1. The van der Waals surface area contributed by atoms with Crippen LogP contribution < -0.4 is 21.5 Å². The number of benzene rings is 1. The number of hydrogen-bond acceptors (Lipinski definition) is 9. The van der Waals surface area contributed by atoms with Gasteiger partial charge >= 0.3 is 0 Å². The first-order chi connectivity index (χ1) is 14.9. The number of ether oxygens (including phenoxy) is 1. The Labute approximate surface area is 180 Å². The molecule has 2 saturated heterocycles. The topological polar surface area (TPSA) is 125 Å². The van der Waals surface area contributed by atoms with Crippen LogP contribution in [0.2, 0.25) is 0 Å². The van der Waals surface area contributed by atoms with Crippen LogP contribution in [0.1, 0.15) is 18.4 Å². The molecule has 0 saturated carbocycles. The van der Waals surface area contributed by atoms with Crippen molar-refractivity contribution in [2.75, 3.05) is 52.9 Å². The maximum absolute atomic E-state index is 14.2. The molecule has 1 unspecified atom stereocenters. The van der Waals surface area contributed by atoms with E-state index < -0.39 is 11.6 Å². The summed E-state index contributed by atoms with van der Waals surface area (Å²) in [6.45, 7) is 4.89. The summed E-state index contributed by atoms with van der Waals surface area (Å²) in [4.78, 5) is 27.2. The van der Waals surface area contributed by atoms with Crippen molar-refractivity contribution in [1.82, 2.24) is 20.0 Å². The molecule has 0 aliphatic carbocycles. The van der Waals surface area contributed by atoms with E-state index in [2.05, 4.69) is 20.2 Å². The van der Waals surface area contributed by atoms with Gasteiger partial charge in [0.05, 0.1) is 13.7 Å². The number of nitrogens with one attached hydrogen (secondary N) is 1. The number of carbonyl (C=O) groups excluding carboxylic acids is 1. The normalized spacial score (nSPS) is 24.5. The van der Waals surface area contributed by atoms with Gasteiger partial charge in [-0.15, -0.1) is 0 Å². The molecule has 10 nitrogen and oxygen atoms in total. The zero-order valence-corrected chi connectivity index (χ0v) is 17.7. The molecule has 1 aromatic carbocycles. The van der Waals surface area contributed by atoms with E-state index in [-0.39, 0.29) is 17.6 Å². The van der Waals surface area contributed by atoms with E-state index in [0.717, 1.165) is 25.9 Å². The molecule has 4 rings (SSSR count). The highest BCUT2D eigenvalue weighted by molar-refractivity contribution is 5.99. The Kier molecular flexibility index (Phi) is 5.96. The minimum absolute atomic E-state index is 0.107. The van der Waals surface area contributed by atoms with E-state index in [1.165, 1.54) is 19.2 Å². The predicted molar refractivity (Wildman–Crippen MR) is 115 cm³/mol. The van der Waals surface area contributed by atoms with Crippen LogP contribution in [0.5, 0.6) is 5.75 Å². The van der Waals surface area contributed by atoms with Crippen LogP contribution in [0.25, 0.3) is 0 Å².